The van der Waals surface area contributed by atoms with E-state index in [0.717, 1.165) is 0 Å². The first-order valence-corrected chi connectivity index (χ1v) is 5.68. The molecule has 1 aromatic heterocycles. The highest BCUT2D eigenvalue weighted by Crippen LogP contribution is 2.31. The van der Waals surface area contributed by atoms with Crippen molar-refractivity contribution in [3.8, 4) is 5.88 Å². The van der Waals surface area contributed by atoms with E-state index in [0.29, 0.717) is 0 Å². The number of H-pyrrole nitrogens is 1. The summed E-state index contributed by atoms with van der Waals surface area (Å²) in [4.78, 5) is 23.9. The Bertz CT molecular complexity index is 604. The van der Waals surface area contributed by atoms with E-state index in [1.165, 1.54) is 11.9 Å². The molecule has 0 aliphatic rings. The van der Waals surface area contributed by atoms with Gasteiger partial charge in [0.25, 0.3) is 5.56 Å². The van der Waals surface area contributed by atoms with Crippen LogP contribution in [-0.4, -0.2) is 23.9 Å². The molecule has 22 heavy (non-hydrogen) atoms. The molecule has 1 heterocycles. The number of halogens is 6. The van der Waals surface area contributed by atoms with E-state index in [9.17, 15) is 35.9 Å². The van der Waals surface area contributed by atoms with Crippen molar-refractivity contribution in [3.63, 3.8) is 0 Å². The lowest BCUT2D eigenvalue weighted by Gasteiger charge is -2.14. The highest BCUT2D eigenvalue weighted by Gasteiger charge is 2.39. The number of hydrogen-bond donors (Lipinski definition) is 1. The van der Waals surface area contributed by atoms with Crippen molar-refractivity contribution in [1.29, 1.82) is 0 Å². The van der Waals surface area contributed by atoms with E-state index >= 15 is 0 Å². The lowest BCUT2D eigenvalue weighted by Crippen LogP contribution is -2.28. The number of rotatable bonds is 4. The number of nitrogens with one attached hydrogen (secondary N) is 1. The summed E-state index contributed by atoms with van der Waals surface area (Å²) < 4.78 is 82.3. The summed E-state index contributed by atoms with van der Waals surface area (Å²) in [5, 5.41) is 0. The smallest absolute Gasteiger partial charge is 0.466 e. The molecule has 0 amide bonds. The van der Waals surface area contributed by atoms with Crippen molar-refractivity contribution in [2.24, 2.45) is 0 Å². The standard InChI is InChI=1S/C11H9F6NO4/c1-2-21-7(19)4-5-3-6(22-11(15,16)17)18-9(20)8(5)10(12,13)14/h3H,2,4H2,1H3,(H,18,20). The molecule has 0 bridgehead atoms. The molecule has 0 saturated heterocycles. The van der Waals surface area contributed by atoms with Gasteiger partial charge in [0.05, 0.1) is 13.0 Å². The number of pyridine rings is 1. The maximum absolute atomic E-state index is 12.8. The third-order valence-electron chi connectivity index (χ3n) is 2.24. The van der Waals surface area contributed by atoms with Crippen LogP contribution in [0.1, 0.15) is 18.1 Å². The molecule has 1 N–H and O–H groups in total. The Balaban J connectivity index is 3.34. The summed E-state index contributed by atoms with van der Waals surface area (Å²) in [5.74, 6) is -2.39. The summed E-state index contributed by atoms with van der Waals surface area (Å²) in [6, 6.07) is 0.286. The van der Waals surface area contributed by atoms with Crippen molar-refractivity contribution in [3.05, 3.63) is 27.5 Å². The predicted octanol–water partition coefficient (Wildman–Crippen LogP) is 2.40. The van der Waals surface area contributed by atoms with E-state index in [-0.39, 0.29) is 12.7 Å². The first kappa shape index (κ1) is 17.9. The summed E-state index contributed by atoms with van der Waals surface area (Å²) >= 11 is 0. The van der Waals surface area contributed by atoms with Gasteiger partial charge in [-0.05, 0) is 12.5 Å². The molecule has 0 fully saturated rings. The Morgan fingerprint density at radius 1 is 1.23 bits per heavy atom. The number of hydrogen-bond acceptors (Lipinski definition) is 4. The van der Waals surface area contributed by atoms with Crippen molar-refractivity contribution in [2.45, 2.75) is 25.9 Å². The topological polar surface area (TPSA) is 68.4 Å². The van der Waals surface area contributed by atoms with Crippen molar-refractivity contribution in [1.82, 2.24) is 4.98 Å². The maximum atomic E-state index is 12.8. The van der Waals surface area contributed by atoms with Crippen LogP contribution < -0.4 is 10.3 Å². The number of ether oxygens (including phenoxy) is 2. The van der Waals surface area contributed by atoms with Crippen LogP contribution in [0.15, 0.2) is 10.9 Å². The molecule has 0 unspecified atom stereocenters. The van der Waals surface area contributed by atoms with Crippen LogP contribution >= 0.6 is 0 Å². The molecule has 124 valence electrons. The summed E-state index contributed by atoms with van der Waals surface area (Å²) in [6.07, 6.45) is -11.4. The zero-order valence-corrected chi connectivity index (χ0v) is 10.9. The molecule has 11 heteroatoms. The second kappa shape index (κ2) is 6.28. The van der Waals surface area contributed by atoms with Crippen molar-refractivity contribution >= 4 is 5.97 Å². The minimum absolute atomic E-state index is 0.144. The van der Waals surface area contributed by atoms with Crippen molar-refractivity contribution < 1.29 is 40.6 Å². The van der Waals surface area contributed by atoms with Crippen LogP contribution in [0.5, 0.6) is 5.88 Å². The number of aromatic amines is 1. The summed E-state index contributed by atoms with van der Waals surface area (Å²) in [7, 11) is 0. The maximum Gasteiger partial charge on any atom is 0.574 e. The monoisotopic (exact) mass is 333 g/mol. The van der Waals surface area contributed by atoms with Gasteiger partial charge in [-0.2, -0.15) is 13.2 Å². The first-order chi connectivity index (χ1) is 9.94. The minimum Gasteiger partial charge on any atom is -0.466 e. The lowest BCUT2D eigenvalue weighted by atomic mass is 10.1. The van der Waals surface area contributed by atoms with Crippen LogP contribution in [0.25, 0.3) is 0 Å². The molecule has 0 atom stereocenters. The van der Waals surface area contributed by atoms with Gasteiger partial charge < -0.3 is 9.47 Å². The molecule has 1 rings (SSSR count). The van der Waals surface area contributed by atoms with Crippen LogP contribution in [-0.2, 0) is 22.1 Å². The Kier molecular flexibility index (Phi) is 5.09. The van der Waals surface area contributed by atoms with Gasteiger partial charge in [0, 0.05) is 6.07 Å². The molecular weight excluding hydrogens is 324 g/mol. The molecule has 1 aromatic rings. The average Bonchev–Trinajstić information content (AvgIpc) is 2.23. The molecular formula is C11H9F6NO4. The molecule has 0 saturated carbocycles. The number of alkyl halides is 6. The Hall–Kier alpha value is -2.20. The van der Waals surface area contributed by atoms with Gasteiger partial charge in [0.15, 0.2) is 0 Å². The van der Waals surface area contributed by atoms with E-state index in [2.05, 4.69) is 9.47 Å². The van der Waals surface area contributed by atoms with Gasteiger partial charge in [0.1, 0.15) is 5.56 Å². The van der Waals surface area contributed by atoms with E-state index in [1.54, 1.807) is 0 Å². The highest BCUT2D eigenvalue weighted by molar-refractivity contribution is 5.73. The fourth-order valence-corrected chi connectivity index (χ4v) is 1.58. The second-order valence-corrected chi connectivity index (χ2v) is 3.89. The predicted molar refractivity (Wildman–Crippen MR) is 59.1 cm³/mol. The number of aromatic nitrogens is 1. The second-order valence-electron chi connectivity index (χ2n) is 3.89. The molecule has 0 spiro atoms. The van der Waals surface area contributed by atoms with Crippen LogP contribution in [0.3, 0.4) is 0 Å². The zero-order chi connectivity index (χ0) is 17.1. The number of carbonyl (C=O) groups excluding carboxylic acids is 1. The molecule has 0 aliphatic heterocycles. The van der Waals surface area contributed by atoms with Gasteiger partial charge in [-0.1, -0.05) is 0 Å². The first-order valence-electron chi connectivity index (χ1n) is 5.68. The van der Waals surface area contributed by atoms with Gasteiger partial charge >= 0.3 is 18.5 Å². The zero-order valence-electron chi connectivity index (χ0n) is 10.9. The van der Waals surface area contributed by atoms with Crippen LogP contribution in [0.4, 0.5) is 26.3 Å². The molecule has 5 nitrogen and oxygen atoms in total. The number of carbonyl (C=O) groups is 1. The van der Waals surface area contributed by atoms with Crippen molar-refractivity contribution in [2.75, 3.05) is 6.61 Å². The third-order valence-corrected chi connectivity index (χ3v) is 2.24. The normalized spacial score (nSPS) is 12.1. The van der Waals surface area contributed by atoms with E-state index in [4.69, 9.17) is 0 Å². The summed E-state index contributed by atoms with van der Waals surface area (Å²) in [6.45, 7) is 1.24. The number of esters is 1. The van der Waals surface area contributed by atoms with Gasteiger partial charge in [-0.25, -0.2) is 0 Å². The molecule has 0 aromatic carbocycles. The SMILES string of the molecule is CCOC(=O)Cc1cc(OC(F)(F)F)[nH]c(=O)c1C(F)(F)F. The van der Waals surface area contributed by atoms with Gasteiger partial charge in [-0.15, -0.1) is 13.2 Å². The van der Waals surface area contributed by atoms with E-state index < -0.39 is 47.5 Å². The van der Waals surface area contributed by atoms with Gasteiger partial charge in [-0.3, -0.25) is 14.6 Å². The Morgan fingerprint density at radius 3 is 2.27 bits per heavy atom. The quantitative estimate of drug-likeness (QED) is 0.679. The lowest BCUT2D eigenvalue weighted by molar-refractivity contribution is -0.276. The largest absolute Gasteiger partial charge is 0.574 e. The highest BCUT2D eigenvalue weighted by atomic mass is 19.4. The van der Waals surface area contributed by atoms with Gasteiger partial charge in [0.2, 0.25) is 5.88 Å². The average molecular weight is 333 g/mol. The van der Waals surface area contributed by atoms with E-state index in [1.807, 2.05) is 0 Å². The van der Waals surface area contributed by atoms with Crippen LogP contribution in [0.2, 0.25) is 0 Å². The minimum atomic E-state index is -5.22. The third kappa shape index (κ3) is 4.97. The summed E-state index contributed by atoms with van der Waals surface area (Å²) in [5.41, 5.74) is -4.61. The van der Waals surface area contributed by atoms with Crippen LogP contribution in [0, 0.1) is 0 Å². The fraction of sp³-hybridized carbons (Fsp3) is 0.455. The molecule has 0 radical (unpaired) electrons. The Labute approximate surface area is 118 Å². The fourth-order valence-electron chi connectivity index (χ4n) is 1.58. The Morgan fingerprint density at radius 2 is 1.82 bits per heavy atom. The molecule has 0 aliphatic carbocycles.